The summed E-state index contributed by atoms with van der Waals surface area (Å²) >= 11 is 0. The topological polar surface area (TPSA) is 57.2 Å². The van der Waals surface area contributed by atoms with Crippen LogP contribution in [0, 0.1) is 0 Å². The van der Waals surface area contributed by atoms with E-state index in [4.69, 9.17) is 0 Å². The summed E-state index contributed by atoms with van der Waals surface area (Å²) in [6.45, 7) is -0.619. The van der Waals surface area contributed by atoms with E-state index in [0.29, 0.717) is 0 Å². The fourth-order valence-corrected chi connectivity index (χ4v) is 0.906. The van der Waals surface area contributed by atoms with Gasteiger partial charge in [0.2, 0.25) is 0 Å². The number of hydrogen-bond acceptors (Lipinski definition) is 3. The van der Waals surface area contributed by atoms with Gasteiger partial charge in [0.15, 0.2) is 10.1 Å². The van der Waals surface area contributed by atoms with Gasteiger partial charge in [-0.05, 0) is 0 Å². The van der Waals surface area contributed by atoms with Crippen LogP contribution in [-0.4, -0.2) is 30.1 Å². The van der Waals surface area contributed by atoms with Crippen molar-refractivity contribution in [3.05, 3.63) is 0 Å². The van der Waals surface area contributed by atoms with Gasteiger partial charge in [-0.2, -0.15) is 26.3 Å². The zero-order chi connectivity index (χ0) is 12.0. The molecule has 0 N–H and O–H groups in total. The largest absolute Gasteiger partial charge is 1.00 e. The predicted molar refractivity (Wildman–Crippen MR) is 30.2 cm³/mol. The predicted octanol–water partition coefficient (Wildman–Crippen LogP) is -1.58. The Kier molecular flexibility index (Phi) is 5.24. The van der Waals surface area contributed by atoms with E-state index < -0.39 is 34.1 Å². The molecule has 11 heteroatoms. The Hall–Kier alpha value is 0.490. The minimum absolute atomic E-state index is 0. The van der Waals surface area contributed by atoms with Crippen molar-refractivity contribution in [3.63, 3.8) is 0 Å². The number of rotatable bonds is 3. The molecule has 0 aliphatic rings. The quantitative estimate of drug-likeness (QED) is 0.352. The second-order valence-corrected chi connectivity index (χ2v) is 3.85. The summed E-state index contributed by atoms with van der Waals surface area (Å²) in [5, 5.41) is -6.35. The average molecular weight is 268 g/mol. The summed E-state index contributed by atoms with van der Waals surface area (Å²) in [4.78, 5) is 0. The van der Waals surface area contributed by atoms with Gasteiger partial charge in [0.25, 0.3) is 0 Å². The molecule has 0 aliphatic carbocycles. The van der Waals surface area contributed by atoms with Gasteiger partial charge in [0.1, 0.15) is 0 Å². The number of halogens is 6. The van der Waals surface area contributed by atoms with E-state index in [9.17, 15) is 39.3 Å². The van der Waals surface area contributed by atoms with Gasteiger partial charge in [-0.15, -0.1) is 0 Å². The van der Waals surface area contributed by atoms with Crippen LogP contribution in [-0.2, 0) is 10.1 Å². The molecule has 0 saturated heterocycles. The summed E-state index contributed by atoms with van der Waals surface area (Å²) in [6.07, 6.45) is 0. The van der Waals surface area contributed by atoms with Crippen molar-refractivity contribution in [2.24, 2.45) is 0 Å². The van der Waals surface area contributed by atoms with Crippen LogP contribution < -0.4 is 29.6 Å². The van der Waals surface area contributed by atoms with Crippen LogP contribution in [0.15, 0.2) is 0 Å². The molecule has 0 heterocycles. The first-order valence-electron chi connectivity index (χ1n) is 2.84. The summed E-state index contributed by atoms with van der Waals surface area (Å²) in [5.41, 5.74) is 0. The van der Waals surface area contributed by atoms with E-state index in [2.05, 4.69) is 0 Å². The Morgan fingerprint density at radius 2 is 1.27 bits per heavy atom. The molecule has 0 aromatic rings. The van der Waals surface area contributed by atoms with Gasteiger partial charge in [0, 0.05) is 6.92 Å². The van der Waals surface area contributed by atoms with Gasteiger partial charge in [-0.3, -0.25) is 0 Å². The molecule has 0 spiro atoms. The molecule has 0 aliphatic heterocycles. The molecule has 0 aromatic heterocycles. The minimum Gasteiger partial charge on any atom is -0.743 e. The van der Waals surface area contributed by atoms with E-state index in [1.165, 1.54) is 0 Å². The van der Waals surface area contributed by atoms with Crippen LogP contribution in [0.5, 0.6) is 0 Å². The SMILES string of the molecule is CC(F)(F)C(F)(F)C(F)(F)S(=O)(=O)[O-].[Na+]. The van der Waals surface area contributed by atoms with E-state index >= 15 is 0 Å². The second-order valence-electron chi connectivity index (χ2n) is 2.43. The van der Waals surface area contributed by atoms with Crippen molar-refractivity contribution in [3.8, 4) is 0 Å². The molecule has 0 saturated carbocycles. The van der Waals surface area contributed by atoms with Crippen LogP contribution in [0.3, 0.4) is 0 Å². The zero-order valence-corrected chi connectivity index (χ0v) is 10.2. The maximum absolute atomic E-state index is 12.1. The molecular formula is C4H3F6NaO3S. The Bertz CT molecular complexity index is 320. The Morgan fingerprint density at radius 1 is 1.00 bits per heavy atom. The molecule has 3 nitrogen and oxygen atoms in total. The first-order chi connectivity index (χ1) is 5.75. The molecule has 15 heavy (non-hydrogen) atoms. The first-order valence-corrected chi connectivity index (χ1v) is 4.25. The van der Waals surface area contributed by atoms with Crippen molar-refractivity contribution >= 4 is 10.1 Å². The molecule has 0 amide bonds. The summed E-state index contributed by atoms with van der Waals surface area (Å²) in [6, 6.07) is 0. The first kappa shape index (κ1) is 17.9. The van der Waals surface area contributed by atoms with Crippen LogP contribution in [0.25, 0.3) is 0 Å². The summed E-state index contributed by atoms with van der Waals surface area (Å²) in [7, 11) is -6.86. The molecule has 0 aromatic carbocycles. The third kappa shape index (κ3) is 2.99. The molecular weight excluding hydrogens is 265 g/mol. The number of alkyl halides is 6. The van der Waals surface area contributed by atoms with Crippen LogP contribution >= 0.6 is 0 Å². The Balaban J connectivity index is 0. The molecule has 0 bridgehead atoms. The molecule has 0 atom stereocenters. The molecule has 0 fully saturated rings. The molecule has 0 unspecified atom stereocenters. The van der Waals surface area contributed by atoms with Crippen LogP contribution in [0.1, 0.15) is 6.92 Å². The third-order valence-electron chi connectivity index (χ3n) is 1.23. The smallest absolute Gasteiger partial charge is 0.743 e. The van der Waals surface area contributed by atoms with E-state index in [1.54, 1.807) is 0 Å². The summed E-state index contributed by atoms with van der Waals surface area (Å²) < 4.78 is 101. The maximum atomic E-state index is 12.1. The van der Waals surface area contributed by atoms with Crippen molar-refractivity contribution in [1.82, 2.24) is 0 Å². The van der Waals surface area contributed by atoms with Crippen LogP contribution in [0.2, 0.25) is 0 Å². The number of hydrogen-bond donors (Lipinski definition) is 0. The van der Waals surface area contributed by atoms with Gasteiger partial charge < -0.3 is 4.55 Å². The Labute approximate surface area is 103 Å². The molecule has 86 valence electrons. The van der Waals surface area contributed by atoms with E-state index in [-0.39, 0.29) is 29.6 Å². The second kappa shape index (κ2) is 4.40. The normalized spacial score (nSPS) is 14.7. The minimum atomic E-state index is -6.86. The third-order valence-corrected chi connectivity index (χ3v) is 2.12. The van der Waals surface area contributed by atoms with Crippen LogP contribution in [0.4, 0.5) is 26.3 Å². The van der Waals surface area contributed by atoms with E-state index in [0.717, 1.165) is 0 Å². The van der Waals surface area contributed by atoms with Crippen molar-refractivity contribution in [1.29, 1.82) is 0 Å². The van der Waals surface area contributed by atoms with Gasteiger partial charge in [-0.25, -0.2) is 8.42 Å². The van der Waals surface area contributed by atoms with Gasteiger partial charge in [-0.1, -0.05) is 0 Å². The standard InChI is InChI=1S/C4H4F6O3S.Na/c1-2(5,6)3(7,8)4(9,10)14(11,12)13;/h1H3,(H,11,12,13);/q;+1/p-1. The van der Waals surface area contributed by atoms with Crippen molar-refractivity contribution in [2.75, 3.05) is 0 Å². The molecule has 0 rings (SSSR count). The van der Waals surface area contributed by atoms with Gasteiger partial charge >= 0.3 is 46.7 Å². The maximum Gasteiger partial charge on any atom is 1.00 e. The van der Waals surface area contributed by atoms with Crippen molar-refractivity contribution < 1.29 is 68.9 Å². The fourth-order valence-electron chi connectivity index (χ4n) is 0.413. The Morgan fingerprint density at radius 3 is 1.33 bits per heavy atom. The van der Waals surface area contributed by atoms with E-state index in [1.807, 2.05) is 0 Å². The molecule has 0 radical (unpaired) electrons. The fraction of sp³-hybridized carbons (Fsp3) is 1.00. The van der Waals surface area contributed by atoms with Gasteiger partial charge in [0.05, 0.1) is 0 Å². The monoisotopic (exact) mass is 268 g/mol. The average Bonchev–Trinajstić information content (AvgIpc) is 1.81. The van der Waals surface area contributed by atoms with Crippen molar-refractivity contribution in [2.45, 2.75) is 24.0 Å². The zero-order valence-electron chi connectivity index (χ0n) is 7.40. The summed E-state index contributed by atoms with van der Waals surface area (Å²) in [5.74, 6) is -11.6.